The lowest BCUT2D eigenvalue weighted by molar-refractivity contribution is -0.161. The molecule has 48 heavy (non-hydrogen) atoms. The molecule has 0 N–H and O–H groups in total. The quantitative estimate of drug-likeness (QED) is 0.0673. The van der Waals surface area contributed by atoms with Gasteiger partial charge in [0, 0.05) is 31.0 Å². The highest BCUT2D eigenvalue weighted by Crippen LogP contribution is 2.44. The molecule has 0 bridgehead atoms. The SMILES string of the molecule is CC(=O)[C@H](CO[Si](c1ccccc1)(c1ccccc1)C(C)(C)C)[C@@](CCCC=O)(CCCO[Si](C)(C)C(C)(C)C)COC(=O)C(C)(C)C. The van der Waals surface area contributed by atoms with E-state index in [1.807, 2.05) is 32.9 Å². The van der Waals surface area contributed by atoms with Crippen molar-refractivity contribution in [1.29, 1.82) is 0 Å². The Morgan fingerprint density at radius 2 is 1.25 bits per heavy atom. The van der Waals surface area contributed by atoms with Crippen LogP contribution in [-0.4, -0.2) is 54.5 Å². The third-order valence-electron chi connectivity index (χ3n) is 10.3. The Hall–Kier alpha value is -2.40. The highest BCUT2D eigenvalue weighted by Gasteiger charge is 2.52. The maximum Gasteiger partial charge on any atom is 0.311 e. The van der Waals surface area contributed by atoms with Crippen LogP contribution in [0.1, 0.15) is 101 Å². The van der Waals surface area contributed by atoms with E-state index in [0.29, 0.717) is 38.7 Å². The molecule has 2 rings (SSSR count). The molecule has 0 unspecified atom stereocenters. The van der Waals surface area contributed by atoms with Gasteiger partial charge in [-0.05, 0) is 86.9 Å². The highest BCUT2D eigenvalue weighted by atomic mass is 28.4. The third kappa shape index (κ3) is 10.6. The summed E-state index contributed by atoms with van der Waals surface area (Å²) in [6.07, 6.45) is 3.74. The van der Waals surface area contributed by atoms with Crippen LogP contribution in [0, 0.1) is 16.7 Å². The van der Waals surface area contributed by atoms with Gasteiger partial charge in [0.2, 0.25) is 0 Å². The number of aldehydes is 1. The summed E-state index contributed by atoms with van der Waals surface area (Å²) in [5.74, 6) is -0.877. The van der Waals surface area contributed by atoms with Gasteiger partial charge >= 0.3 is 5.97 Å². The van der Waals surface area contributed by atoms with Crippen LogP contribution in [-0.2, 0) is 28.0 Å². The minimum atomic E-state index is -2.97. The molecule has 0 aromatic heterocycles. The fraction of sp³-hybridized carbons (Fsp3) is 0.625. The molecular weight excluding hydrogens is 633 g/mol. The molecule has 268 valence electrons. The van der Waals surface area contributed by atoms with Gasteiger partial charge in [-0.2, -0.15) is 0 Å². The van der Waals surface area contributed by atoms with Gasteiger partial charge in [-0.1, -0.05) is 102 Å². The van der Waals surface area contributed by atoms with Crippen molar-refractivity contribution < 1.29 is 28.0 Å². The van der Waals surface area contributed by atoms with Crippen LogP contribution in [0.15, 0.2) is 60.7 Å². The summed E-state index contributed by atoms with van der Waals surface area (Å²) < 4.78 is 20.0. The van der Waals surface area contributed by atoms with Crippen LogP contribution in [0.2, 0.25) is 23.2 Å². The summed E-state index contributed by atoms with van der Waals surface area (Å²) in [5, 5.41) is 2.08. The number of hydrogen-bond donors (Lipinski definition) is 0. The summed E-state index contributed by atoms with van der Waals surface area (Å²) >= 11 is 0. The lowest BCUT2D eigenvalue weighted by atomic mass is 9.68. The molecule has 0 radical (unpaired) electrons. The van der Waals surface area contributed by atoms with E-state index in [2.05, 4.69) is 103 Å². The molecule has 0 saturated heterocycles. The van der Waals surface area contributed by atoms with Crippen molar-refractivity contribution in [3.05, 3.63) is 60.7 Å². The zero-order valence-corrected chi connectivity index (χ0v) is 34.0. The Morgan fingerprint density at radius 3 is 1.67 bits per heavy atom. The van der Waals surface area contributed by atoms with Crippen LogP contribution >= 0.6 is 0 Å². The van der Waals surface area contributed by atoms with Gasteiger partial charge in [0.15, 0.2) is 8.32 Å². The molecule has 0 aliphatic rings. The molecular formula is C40H64O6Si2. The number of rotatable bonds is 18. The summed E-state index contributed by atoms with van der Waals surface area (Å²) in [7, 11) is -4.97. The lowest BCUT2D eigenvalue weighted by Crippen LogP contribution is -2.67. The molecule has 0 spiro atoms. The first kappa shape index (κ1) is 41.8. The predicted molar refractivity (Wildman–Crippen MR) is 203 cm³/mol. The molecule has 0 amide bonds. The first-order chi connectivity index (χ1) is 22.1. The van der Waals surface area contributed by atoms with Gasteiger partial charge in [-0.15, -0.1) is 0 Å². The van der Waals surface area contributed by atoms with Gasteiger partial charge in [0.25, 0.3) is 8.32 Å². The molecule has 2 aromatic rings. The topological polar surface area (TPSA) is 78.9 Å². The number of esters is 1. The van der Waals surface area contributed by atoms with Crippen molar-refractivity contribution in [3.63, 3.8) is 0 Å². The van der Waals surface area contributed by atoms with Crippen LogP contribution < -0.4 is 10.4 Å². The molecule has 2 aromatic carbocycles. The maximum atomic E-state index is 13.9. The van der Waals surface area contributed by atoms with Gasteiger partial charge in [-0.3, -0.25) is 9.59 Å². The fourth-order valence-corrected chi connectivity index (χ4v) is 12.0. The second-order valence-electron chi connectivity index (χ2n) is 17.1. The summed E-state index contributed by atoms with van der Waals surface area (Å²) in [6, 6.07) is 20.8. The number of ketones is 1. The van der Waals surface area contributed by atoms with E-state index in [4.69, 9.17) is 13.6 Å². The Bertz CT molecular complexity index is 1270. The molecule has 0 aliphatic heterocycles. The molecule has 2 atom stereocenters. The van der Waals surface area contributed by atoms with Crippen molar-refractivity contribution in [2.24, 2.45) is 16.7 Å². The van der Waals surface area contributed by atoms with Crippen molar-refractivity contribution in [1.82, 2.24) is 0 Å². The van der Waals surface area contributed by atoms with E-state index >= 15 is 0 Å². The minimum absolute atomic E-state index is 0.00356. The zero-order chi connectivity index (χ0) is 36.4. The monoisotopic (exact) mass is 696 g/mol. The van der Waals surface area contributed by atoms with Crippen LogP contribution in [0.3, 0.4) is 0 Å². The van der Waals surface area contributed by atoms with E-state index in [1.165, 1.54) is 0 Å². The molecule has 0 saturated carbocycles. The second kappa shape index (κ2) is 17.0. The molecule has 0 heterocycles. The summed E-state index contributed by atoms with van der Waals surface area (Å²) in [6.45, 7) is 25.8. The Balaban J connectivity index is 2.67. The number of benzene rings is 2. The van der Waals surface area contributed by atoms with E-state index in [0.717, 1.165) is 16.7 Å². The Kier molecular flexibility index (Phi) is 14.8. The predicted octanol–water partition coefficient (Wildman–Crippen LogP) is 8.52. The normalized spacial score (nSPS) is 15.0. The molecule has 8 heteroatoms. The Labute approximate surface area is 294 Å². The zero-order valence-electron chi connectivity index (χ0n) is 32.0. The van der Waals surface area contributed by atoms with E-state index in [1.54, 1.807) is 6.92 Å². The van der Waals surface area contributed by atoms with Gasteiger partial charge in [0.05, 0.1) is 12.0 Å². The first-order valence-electron chi connectivity index (χ1n) is 17.6. The van der Waals surface area contributed by atoms with Gasteiger partial charge in [0.1, 0.15) is 12.1 Å². The second-order valence-corrected chi connectivity index (χ2v) is 26.2. The standard InChI is InChI=1S/C40H64O6Si2/c1-32(42)35(30-46-48(39(8,9)10,33-22-15-13-16-23-33)34-24-17-14-18-25-34)40(26-19-20-28-41,31-44-36(43)37(2,3)4)27-21-29-45-47(11,12)38(5,6)7/h13-18,22-25,28,35H,19-21,26-27,29-31H2,1-12H3/t35-,40-/m0/s1. The van der Waals surface area contributed by atoms with Crippen LogP contribution in [0.5, 0.6) is 0 Å². The fourth-order valence-electron chi connectivity index (χ4n) is 6.34. The van der Waals surface area contributed by atoms with Crippen LogP contribution in [0.25, 0.3) is 0 Å². The maximum absolute atomic E-state index is 13.9. The number of carbonyl (C=O) groups excluding carboxylic acids is 3. The van der Waals surface area contributed by atoms with Crippen molar-refractivity contribution in [3.8, 4) is 0 Å². The van der Waals surface area contributed by atoms with Crippen LogP contribution in [0.4, 0.5) is 0 Å². The van der Waals surface area contributed by atoms with Gasteiger partial charge in [-0.25, -0.2) is 0 Å². The third-order valence-corrected chi connectivity index (χ3v) is 19.8. The summed E-state index contributed by atoms with van der Waals surface area (Å²) in [4.78, 5) is 38.7. The van der Waals surface area contributed by atoms with Crippen molar-refractivity contribution in [2.45, 2.75) is 125 Å². The highest BCUT2D eigenvalue weighted by molar-refractivity contribution is 6.99. The van der Waals surface area contributed by atoms with E-state index in [-0.39, 0.29) is 35.0 Å². The Morgan fingerprint density at radius 1 is 0.750 bits per heavy atom. The largest absolute Gasteiger partial charge is 0.465 e. The lowest BCUT2D eigenvalue weighted by Gasteiger charge is -2.46. The van der Waals surface area contributed by atoms with Gasteiger partial charge < -0.3 is 18.4 Å². The first-order valence-corrected chi connectivity index (χ1v) is 22.5. The molecule has 6 nitrogen and oxygen atoms in total. The number of Topliss-reactive ketones (excluding diaryl/α,β-unsaturated/α-hetero) is 1. The minimum Gasteiger partial charge on any atom is -0.465 e. The van der Waals surface area contributed by atoms with E-state index in [9.17, 15) is 14.4 Å². The van der Waals surface area contributed by atoms with E-state index < -0.39 is 33.4 Å². The number of unbranched alkanes of at least 4 members (excludes halogenated alkanes) is 1. The smallest absolute Gasteiger partial charge is 0.311 e. The van der Waals surface area contributed by atoms with Crippen molar-refractivity contribution >= 4 is 45.0 Å². The average Bonchev–Trinajstić information content (AvgIpc) is 2.99. The molecule has 0 fully saturated rings. The summed E-state index contributed by atoms with van der Waals surface area (Å²) in [5.41, 5.74) is -1.44. The average molecular weight is 697 g/mol. The van der Waals surface area contributed by atoms with Crippen molar-refractivity contribution in [2.75, 3.05) is 19.8 Å². The number of ether oxygens (including phenoxy) is 1. The molecule has 0 aliphatic carbocycles. The number of hydrogen-bond acceptors (Lipinski definition) is 6. The number of carbonyl (C=O) groups is 3.